The van der Waals surface area contributed by atoms with Gasteiger partial charge >= 0.3 is 12.0 Å². The number of aromatic nitrogens is 2. The van der Waals surface area contributed by atoms with Gasteiger partial charge in [-0.05, 0) is 61.7 Å². The number of nitrogens with zero attached hydrogens (tertiary/aromatic N) is 4. The van der Waals surface area contributed by atoms with Crippen LogP contribution in [0.5, 0.6) is 0 Å². The van der Waals surface area contributed by atoms with Crippen molar-refractivity contribution in [1.82, 2.24) is 14.9 Å². The predicted molar refractivity (Wildman–Crippen MR) is 132 cm³/mol. The fraction of sp³-hybridized carbons (Fsp3) is 0.280. The standard InChI is InChI=1S/C25H25ClFN5O3/c1-14-10-20(15(2)29-22-19(26)8-9-28-23(22)24(33)34)30-21(11-14)32-18(13-31(3)25(32)35)12-16-4-6-17(27)7-5-16/h4-11,15,18,29H,12-13H2,1-3H3,(H,33,34)/t15-,18+/m1/s1. The molecule has 35 heavy (non-hydrogen) atoms. The Morgan fingerprint density at radius 2 is 2.00 bits per heavy atom. The Balaban J connectivity index is 1.64. The summed E-state index contributed by atoms with van der Waals surface area (Å²) in [4.78, 5) is 36.6. The second-order valence-corrected chi connectivity index (χ2v) is 9.04. The van der Waals surface area contributed by atoms with Gasteiger partial charge in [-0.1, -0.05) is 23.7 Å². The maximum Gasteiger partial charge on any atom is 0.356 e. The van der Waals surface area contributed by atoms with E-state index in [2.05, 4.69) is 10.3 Å². The fourth-order valence-corrected chi connectivity index (χ4v) is 4.40. The number of aryl methyl sites for hydroxylation is 1. The number of hydrogen-bond acceptors (Lipinski definition) is 5. The first-order valence-corrected chi connectivity index (χ1v) is 11.4. The molecule has 10 heteroatoms. The summed E-state index contributed by atoms with van der Waals surface area (Å²) in [5.74, 6) is -1.02. The Morgan fingerprint density at radius 1 is 1.29 bits per heavy atom. The first-order chi connectivity index (χ1) is 16.6. The van der Waals surface area contributed by atoms with Gasteiger partial charge in [0.25, 0.3) is 0 Å². The van der Waals surface area contributed by atoms with E-state index in [-0.39, 0.29) is 34.3 Å². The van der Waals surface area contributed by atoms with Crippen molar-refractivity contribution in [2.75, 3.05) is 23.8 Å². The van der Waals surface area contributed by atoms with Gasteiger partial charge in [0.2, 0.25) is 0 Å². The van der Waals surface area contributed by atoms with Crippen LogP contribution in [0.2, 0.25) is 5.02 Å². The molecule has 8 nitrogen and oxygen atoms in total. The van der Waals surface area contributed by atoms with Crippen molar-refractivity contribution in [2.24, 2.45) is 0 Å². The number of carbonyl (C=O) groups excluding carboxylic acids is 1. The predicted octanol–water partition coefficient (Wildman–Crippen LogP) is 4.93. The molecule has 0 unspecified atom stereocenters. The van der Waals surface area contributed by atoms with Gasteiger partial charge < -0.3 is 15.3 Å². The summed E-state index contributed by atoms with van der Waals surface area (Å²) in [6.07, 6.45) is 1.88. The maximum absolute atomic E-state index is 13.3. The summed E-state index contributed by atoms with van der Waals surface area (Å²) in [5.41, 5.74) is 2.43. The lowest BCUT2D eigenvalue weighted by Crippen LogP contribution is -2.36. The molecule has 2 N–H and O–H groups in total. The molecule has 3 heterocycles. The van der Waals surface area contributed by atoms with Crippen molar-refractivity contribution in [3.8, 4) is 0 Å². The molecular formula is C25H25ClFN5O3. The highest BCUT2D eigenvalue weighted by molar-refractivity contribution is 6.33. The van der Waals surface area contributed by atoms with Crippen LogP contribution in [0.1, 0.15) is 40.3 Å². The minimum Gasteiger partial charge on any atom is -0.476 e. The minimum absolute atomic E-state index is 0.176. The number of anilines is 2. The quantitative estimate of drug-likeness (QED) is 0.480. The van der Waals surface area contributed by atoms with E-state index in [1.807, 2.05) is 26.0 Å². The molecule has 2 amide bonds. The number of likely N-dealkylation sites (N-methyl/N-ethyl adjacent to an activating group) is 1. The largest absolute Gasteiger partial charge is 0.476 e. The Labute approximate surface area is 207 Å². The molecule has 4 rings (SSSR count). The SMILES string of the molecule is Cc1cc([C@@H](C)Nc2c(Cl)ccnc2C(=O)O)nc(N2C(=O)N(C)C[C@@H]2Cc2ccc(F)cc2)c1. The zero-order chi connectivity index (χ0) is 25.3. The van der Waals surface area contributed by atoms with Crippen molar-refractivity contribution < 1.29 is 19.1 Å². The van der Waals surface area contributed by atoms with Crippen LogP contribution in [0, 0.1) is 12.7 Å². The second-order valence-electron chi connectivity index (χ2n) is 8.63. The van der Waals surface area contributed by atoms with Crippen LogP contribution in [0.25, 0.3) is 0 Å². The molecule has 1 aliphatic heterocycles. The van der Waals surface area contributed by atoms with Crippen LogP contribution < -0.4 is 10.2 Å². The first kappa shape index (κ1) is 24.4. The number of halogens is 2. The van der Waals surface area contributed by atoms with E-state index in [1.54, 1.807) is 29.0 Å². The minimum atomic E-state index is -1.20. The molecule has 0 saturated carbocycles. The molecule has 1 aliphatic rings. The molecule has 182 valence electrons. The fourth-order valence-electron chi connectivity index (χ4n) is 4.20. The topological polar surface area (TPSA) is 98.7 Å². The van der Waals surface area contributed by atoms with Crippen LogP contribution in [0.3, 0.4) is 0 Å². The number of hydrogen-bond donors (Lipinski definition) is 2. The molecule has 2 aromatic heterocycles. The summed E-state index contributed by atoms with van der Waals surface area (Å²) in [5, 5.41) is 12.8. The van der Waals surface area contributed by atoms with Crippen LogP contribution in [-0.2, 0) is 6.42 Å². The molecule has 3 aromatic rings. The van der Waals surface area contributed by atoms with Crippen molar-refractivity contribution >= 4 is 35.1 Å². The Kier molecular flexibility index (Phi) is 6.88. The van der Waals surface area contributed by atoms with E-state index >= 15 is 0 Å². The molecule has 0 spiro atoms. The lowest BCUT2D eigenvalue weighted by atomic mass is 10.0. The summed E-state index contributed by atoms with van der Waals surface area (Å²) in [6.45, 7) is 4.23. The number of pyridine rings is 2. The number of carbonyl (C=O) groups is 2. The molecular weight excluding hydrogens is 473 g/mol. The Bertz CT molecular complexity index is 1270. The van der Waals surface area contributed by atoms with Gasteiger partial charge in [0.15, 0.2) is 5.69 Å². The number of nitrogens with one attached hydrogen (secondary N) is 1. The van der Waals surface area contributed by atoms with Crippen molar-refractivity contribution in [3.05, 3.63) is 82.0 Å². The average molecular weight is 498 g/mol. The third-order valence-electron chi connectivity index (χ3n) is 5.90. The van der Waals surface area contributed by atoms with Crippen LogP contribution in [-0.4, -0.2) is 51.6 Å². The van der Waals surface area contributed by atoms with Gasteiger partial charge in [-0.3, -0.25) is 4.90 Å². The number of aromatic carboxylic acids is 1. The highest BCUT2D eigenvalue weighted by Gasteiger charge is 2.37. The molecule has 2 atom stereocenters. The normalized spacial score (nSPS) is 16.5. The van der Waals surface area contributed by atoms with Gasteiger partial charge in [-0.2, -0.15) is 0 Å². The molecule has 1 aromatic carbocycles. The van der Waals surface area contributed by atoms with Gasteiger partial charge in [0.1, 0.15) is 11.6 Å². The van der Waals surface area contributed by atoms with Gasteiger partial charge in [-0.25, -0.2) is 23.9 Å². The third-order valence-corrected chi connectivity index (χ3v) is 6.21. The van der Waals surface area contributed by atoms with E-state index in [9.17, 15) is 19.1 Å². The van der Waals surface area contributed by atoms with Crippen molar-refractivity contribution in [2.45, 2.75) is 32.4 Å². The zero-order valence-corrected chi connectivity index (χ0v) is 20.3. The summed E-state index contributed by atoms with van der Waals surface area (Å²) in [6, 6.07) is 10.7. The van der Waals surface area contributed by atoms with Crippen LogP contribution in [0.15, 0.2) is 48.7 Å². The van der Waals surface area contributed by atoms with Crippen LogP contribution in [0.4, 0.5) is 20.7 Å². The van der Waals surface area contributed by atoms with Crippen molar-refractivity contribution in [1.29, 1.82) is 0 Å². The van der Waals surface area contributed by atoms with Gasteiger partial charge in [0, 0.05) is 19.8 Å². The molecule has 0 aliphatic carbocycles. The summed E-state index contributed by atoms with van der Waals surface area (Å²) < 4.78 is 13.3. The number of rotatable bonds is 7. The smallest absolute Gasteiger partial charge is 0.356 e. The van der Waals surface area contributed by atoms with Gasteiger partial charge in [0.05, 0.1) is 28.5 Å². The molecule has 1 saturated heterocycles. The summed E-state index contributed by atoms with van der Waals surface area (Å²) in [7, 11) is 1.73. The maximum atomic E-state index is 13.3. The lowest BCUT2D eigenvalue weighted by molar-refractivity contribution is 0.0691. The first-order valence-electron chi connectivity index (χ1n) is 11.1. The van der Waals surface area contributed by atoms with Crippen molar-refractivity contribution in [3.63, 3.8) is 0 Å². The highest BCUT2D eigenvalue weighted by Crippen LogP contribution is 2.31. The van der Waals surface area contributed by atoms with Crippen LogP contribution >= 0.6 is 11.6 Å². The highest BCUT2D eigenvalue weighted by atomic mass is 35.5. The monoisotopic (exact) mass is 497 g/mol. The van der Waals surface area contributed by atoms with E-state index in [4.69, 9.17) is 16.6 Å². The number of benzene rings is 1. The molecule has 0 radical (unpaired) electrons. The van der Waals surface area contributed by atoms with E-state index in [0.717, 1.165) is 11.1 Å². The molecule has 0 bridgehead atoms. The third kappa shape index (κ3) is 5.19. The van der Waals surface area contributed by atoms with E-state index in [0.29, 0.717) is 24.5 Å². The van der Waals surface area contributed by atoms with Gasteiger partial charge in [-0.15, -0.1) is 0 Å². The zero-order valence-electron chi connectivity index (χ0n) is 19.5. The lowest BCUT2D eigenvalue weighted by Gasteiger charge is -2.25. The Morgan fingerprint density at radius 3 is 2.69 bits per heavy atom. The Hall–Kier alpha value is -3.72. The number of carboxylic acids is 1. The summed E-state index contributed by atoms with van der Waals surface area (Å²) >= 11 is 6.24. The average Bonchev–Trinajstić information content (AvgIpc) is 3.08. The number of carboxylic acid groups (broad SMARTS) is 1. The number of urea groups is 1. The molecule has 1 fully saturated rings. The second kappa shape index (κ2) is 9.87. The van der Waals surface area contributed by atoms with E-state index in [1.165, 1.54) is 24.4 Å². The number of amides is 2. The van der Waals surface area contributed by atoms with E-state index < -0.39 is 12.0 Å².